The maximum atomic E-state index is 13.2. The number of anilines is 1. The molecule has 46 heavy (non-hydrogen) atoms. The molecule has 3 aromatic carbocycles. The Labute approximate surface area is 268 Å². The number of imide groups is 3. The van der Waals surface area contributed by atoms with Crippen LogP contribution in [0.2, 0.25) is 0 Å². The molecule has 1 heterocycles. The summed E-state index contributed by atoms with van der Waals surface area (Å²) < 4.78 is 33.5. The highest BCUT2D eigenvalue weighted by Crippen LogP contribution is 2.39. The van der Waals surface area contributed by atoms with E-state index in [2.05, 4.69) is 16.1 Å². The molecule has 11 heteroatoms. The van der Waals surface area contributed by atoms with Gasteiger partial charge in [-0.3, -0.25) is 14.4 Å². The van der Waals surface area contributed by atoms with Gasteiger partial charge in [-0.15, -0.1) is 0 Å². The van der Waals surface area contributed by atoms with Crippen molar-refractivity contribution >= 4 is 39.5 Å². The van der Waals surface area contributed by atoms with Gasteiger partial charge in [0.15, 0.2) is 0 Å². The van der Waals surface area contributed by atoms with Gasteiger partial charge in [0.1, 0.15) is 5.75 Å². The standard InChI is InChI=1S/C35H37N3O7S/c1-35(2)29-18-15-24(45-3)20-28(29)32(40)38(33(35)41)30(39)12-4-7-21-13-16-25(17-14-21)46(43,44)37-34(42)36-31-26-10-5-8-22(26)19-23-9-6-11-27(23)31/h13-20H,4-12H2,1-3H3,(H2,36,37,42). The molecule has 0 aromatic heterocycles. The van der Waals surface area contributed by atoms with Gasteiger partial charge in [-0.1, -0.05) is 24.3 Å². The van der Waals surface area contributed by atoms with Crippen molar-refractivity contribution in [2.75, 3.05) is 12.4 Å². The second kappa shape index (κ2) is 12.0. The molecule has 0 bridgehead atoms. The van der Waals surface area contributed by atoms with Crippen molar-refractivity contribution in [1.82, 2.24) is 9.62 Å². The SMILES string of the molecule is COc1ccc2c(c1)C(=O)N(C(=O)CCCc1ccc(S(=O)(=O)NC(=O)Nc3c4c(cc5c3CCC5)CCC4)cc1)C(=O)C2(C)C. The van der Waals surface area contributed by atoms with Crippen LogP contribution in [0.15, 0.2) is 53.4 Å². The van der Waals surface area contributed by atoms with E-state index in [1.807, 2.05) is 0 Å². The fourth-order valence-corrected chi connectivity index (χ4v) is 7.79. The van der Waals surface area contributed by atoms with Crippen LogP contribution in [0.25, 0.3) is 0 Å². The van der Waals surface area contributed by atoms with E-state index in [1.165, 1.54) is 30.4 Å². The van der Waals surface area contributed by atoms with Gasteiger partial charge in [-0.2, -0.15) is 0 Å². The van der Waals surface area contributed by atoms with Gasteiger partial charge in [-0.25, -0.2) is 22.8 Å². The number of methoxy groups -OCH3 is 1. The van der Waals surface area contributed by atoms with E-state index in [0.29, 0.717) is 24.2 Å². The lowest BCUT2D eigenvalue weighted by Gasteiger charge is -2.36. The molecule has 0 saturated carbocycles. The van der Waals surface area contributed by atoms with Crippen LogP contribution in [0.4, 0.5) is 10.5 Å². The zero-order chi connectivity index (χ0) is 32.8. The molecule has 3 aliphatic rings. The maximum Gasteiger partial charge on any atom is 0.333 e. The summed E-state index contributed by atoms with van der Waals surface area (Å²) in [5.74, 6) is -1.39. The van der Waals surface area contributed by atoms with Crippen molar-refractivity contribution in [2.45, 2.75) is 81.9 Å². The van der Waals surface area contributed by atoms with Crippen LogP contribution in [0.5, 0.6) is 5.75 Å². The second-order valence-corrected chi connectivity index (χ2v) is 14.3. The number of sulfonamides is 1. The molecule has 10 nitrogen and oxygen atoms in total. The fraction of sp³-hybridized carbons (Fsp3) is 0.371. The van der Waals surface area contributed by atoms with Crippen molar-refractivity contribution in [1.29, 1.82) is 0 Å². The smallest absolute Gasteiger partial charge is 0.333 e. The average molecular weight is 644 g/mol. The Morgan fingerprint density at radius 3 is 2.20 bits per heavy atom. The highest BCUT2D eigenvalue weighted by Gasteiger charge is 2.47. The zero-order valence-corrected chi connectivity index (χ0v) is 27.0. The van der Waals surface area contributed by atoms with E-state index in [0.717, 1.165) is 65.8 Å². The normalized spacial score (nSPS) is 16.5. The summed E-state index contributed by atoms with van der Waals surface area (Å²) in [6.07, 6.45) is 6.39. The van der Waals surface area contributed by atoms with Gasteiger partial charge in [0, 0.05) is 17.7 Å². The first-order valence-electron chi connectivity index (χ1n) is 15.6. The molecule has 2 aliphatic carbocycles. The third-order valence-electron chi connectivity index (χ3n) is 9.35. The molecule has 0 saturated heterocycles. The zero-order valence-electron chi connectivity index (χ0n) is 26.2. The summed E-state index contributed by atoms with van der Waals surface area (Å²) in [6.45, 7) is 3.36. The number of rotatable bonds is 8. The number of carbonyl (C=O) groups excluding carboxylic acids is 4. The summed E-state index contributed by atoms with van der Waals surface area (Å²) in [5, 5.41) is 2.85. The highest BCUT2D eigenvalue weighted by molar-refractivity contribution is 7.90. The minimum atomic E-state index is -4.13. The monoisotopic (exact) mass is 643 g/mol. The molecule has 6 rings (SSSR count). The molecule has 0 atom stereocenters. The summed E-state index contributed by atoms with van der Waals surface area (Å²) >= 11 is 0. The van der Waals surface area contributed by atoms with Gasteiger partial charge in [-0.05, 0) is 123 Å². The topological polar surface area (TPSA) is 139 Å². The number of benzene rings is 3. The Morgan fingerprint density at radius 1 is 0.913 bits per heavy atom. The number of amides is 5. The number of hydrogen-bond donors (Lipinski definition) is 2. The Bertz CT molecular complexity index is 1850. The van der Waals surface area contributed by atoms with E-state index in [4.69, 9.17) is 4.74 Å². The molecule has 0 spiro atoms. The van der Waals surface area contributed by atoms with Crippen molar-refractivity contribution in [3.63, 3.8) is 0 Å². The number of fused-ring (bicyclic) bond motifs is 3. The first-order valence-corrected chi connectivity index (χ1v) is 17.1. The predicted molar refractivity (Wildman–Crippen MR) is 171 cm³/mol. The first kappa shape index (κ1) is 31.5. The van der Waals surface area contributed by atoms with E-state index in [-0.39, 0.29) is 16.9 Å². The molecular weight excluding hydrogens is 606 g/mol. The summed E-state index contributed by atoms with van der Waals surface area (Å²) in [4.78, 5) is 53.1. The van der Waals surface area contributed by atoms with Crippen LogP contribution in [0, 0.1) is 0 Å². The Balaban J connectivity index is 1.07. The summed E-state index contributed by atoms with van der Waals surface area (Å²) in [6, 6.07) is 12.4. The van der Waals surface area contributed by atoms with Crippen LogP contribution >= 0.6 is 0 Å². The van der Waals surface area contributed by atoms with Crippen LogP contribution in [0.3, 0.4) is 0 Å². The number of nitrogens with zero attached hydrogens (tertiary/aromatic N) is 1. The van der Waals surface area contributed by atoms with Gasteiger partial charge < -0.3 is 10.1 Å². The number of nitrogens with one attached hydrogen (secondary N) is 2. The molecule has 0 radical (unpaired) electrons. The molecule has 2 N–H and O–H groups in total. The fourth-order valence-electron chi connectivity index (χ4n) is 6.88. The minimum Gasteiger partial charge on any atom is -0.497 e. The third-order valence-corrected chi connectivity index (χ3v) is 10.7. The van der Waals surface area contributed by atoms with Crippen LogP contribution in [-0.2, 0) is 57.1 Å². The van der Waals surface area contributed by atoms with Crippen LogP contribution in [-0.4, -0.2) is 44.2 Å². The lowest BCUT2D eigenvalue weighted by Crippen LogP contribution is -2.54. The number of hydrogen-bond acceptors (Lipinski definition) is 7. The number of aryl methyl sites for hydroxylation is 3. The quantitative estimate of drug-likeness (QED) is 0.330. The van der Waals surface area contributed by atoms with Crippen molar-refractivity contribution in [3.8, 4) is 5.75 Å². The molecule has 0 unspecified atom stereocenters. The molecule has 1 aliphatic heterocycles. The largest absolute Gasteiger partial charge is 0.497 e. The molecule has 240 valence electrons. The highest BCUT2D eigenvalue weighted by atomic mass is 32.2. The third kappa shape index (κ3) is 5.68. The van der Waals surface area contributed by atoms with Crippen LogP contribution < -0.4 is 14.8 Å². The second-order valence-electron chi connectivity index (χ2n) is 12.7. The Morgan fingerprint density at radius 2 is 1.57 bits per heavy atom. The molecule has 0 fully saturated rings. The molecule has 3 aromatic rings. The Hall–Kier alpha value is -4.51. The number of ether oxygens (including phenoxy) is 1. The van der Waals surface area contributed by atoms with Crippen molar-refractivity contribution in [3.05, 3.63) is 87.5 Å². The van der Waals surface area contributed by atoms with Gasteiger partial charge in [0.05, 0.1) is 17.4 Å². The van der Waals surface area contributed by atoms with E-state index >= 15 is 0 Å². The molecule has 5 amide bonds. The summed E-state index contributed by atoms with van der Waals surface area (Å²) in [5.41, 5.74) is 5.95. The lowest BCUT2D eigenvalue weighted by atomic mass is 9.77. The van der Waals surface area contributed by atoms with Crippen molar-refractivity contribution < 1.29 is 32.3 Å². The van der Waals surface area contributed by atoms with Gasteiger partial charge in [0.25, 0.3) is 15.9 Å². The number of carbonyl (C=O) groups is 4. The van der Waals surface area contributed by atoms with Gasteiger partial charge in [0.2, 0.25) is 11.8 Å². The van der Waals surface area contributed by atoms with Crippen molar-refractivity contribution in [2.24, 2.45) is 0 Å². The Kier molecular flexibility index (Phi) is 8.22. The van der Waals surface area contributed by atoms with E-state index in [1.54, 1.807) is 44.2 Å². The van der Waals surface area contributed by atoms with Crippen LogP contribution in [0.1, 0.15) is 83.3 Å². The van der Waals surface area contributed by atoms with E-state index in [9.17, 15) is 27.6 Å². The van der Waals surface area contributed by atoms with Gasteiger partial charge >= 0.3 is 6.03 Å². The lowest BCUT2D eigenvalue weighted by molar-refractivity contribution is -0.145. The van der Waals surface area contributed by atoms with E-state index < -0.39 is 39.2 Å². The first-order chi connectivity index (χ1) is 21.9. The predicted octanol–water partition coefficient (Wildman–Crippen LogP) is 4.99. The average Bonchev–Trinajstić information content (AvgIpc) is 3.70. The molecular formula is C35H37N3O7S. The maximum absolute atomic E-state index is 13.2. The minimum absolute atomic E-state index is 0.0540. The number of urea groups is 1. The summed E-state index contributed by atoms with van der Waals surface area (Å²) in [7, 11) is -2.66.